The van der Waals surface area contributed by atoms with Crippen molar-refractivity contribution in [2.75, 3.05) is 0 Å². The first-order chi connectivity index (χ1) is 28.3. The molecule has 8 aliphatic rings. The number of hydrogen-bond acceptors (Lipinski definition) is 4. The quantitative estimate of drug-likeness (QED) is 0.151. The number of ketones is 2. The highest BCUT2D eigenvalue weighted by Crippen LogP contribution is 2.68. The molecule has 16 atom stereocenters. The molecule has 8 unspecified atom stereocenters. The maximum Gasteiger partial charge on any atom is 0.306 e. The first-order valence-electron chi connectivity index (χ1n) is 25.4. The molecule has 0 heterocycles. The third-order valence-electron chi connectivity index (χ3n) is 20.9. The molecule has 0 amide bonds. The molecule has 8 aliphatic carbocycles. The van der Waals surface area contributed by atoms with Gasteiger partial charge in [0.2, 0.25) is 0 Å². The molecular formula is C55H86O5. The summed E-state index contributed by atoms with van der Waals surface area (Å²) in [7, 11) is 0. The van der Waals surface area contributed by atoms with Crippen molar-refractivity contribution in [1.82, 2.24) is 0 Å². The standard InChI is InChI=1S/C28H44O2.C27H42O3/c1-18(20(3)29)7-6-8-19(2)24-11-12-25-23-10-9-21-17-22(30)13-15-27(21,4)26(23)14-16-28(24,25)5;1-17(6-5-7-18(2)25(29)30)22-10-11-23-21-9-8-19-16-20(28)12-14-26(19,3)24(21)13-15-27(22,23)4/h10,18-19,21,24-26,29H,3,6-9,11-17H2,1-2,4-5H3;9,17-19,22-24H,5-8,10-16H2,1-4H3,(H,29,30)/t18-,19?,21?,24-,25?,26?,27+,28-;17?,18-,19?,22+,23?,24?,26-,27+/m10/s1. The molecule has 0 aromatic rings. The molecule has 60 heavy (non-hydrogen) atoms. The highest BCUT2D eigenvalue weighted by molar-refractivity contribution is 5.80. The molecule has 6 saturated carbocycles. The van der Waals surface area contributed by atoms with E-state index in [0.29, 0.717) is 62.7 Å². The summed E-state index contributed by atoms with van der Waals surface area (Å²) >= 11 is 0. The highest BCUT2D eigenvalue weighted by atomic mass is 16.4. The predicted molar refractivity (Wildman–Crippen MR) is 244 cm³/mol. The second-order valence-corrected chi connectivity index (χ2v) is 23.9. The van der Waals surface area contributed by atoms with Crippen molar-refractivity contribution in [1.29, 1.82) is 0 Å². The van der Waals surface area contributed by atoms with E-state index in [1.54, 1.807) is 11.1 Å². The van der Waals surface area contributed by atoms with Crippen molar-refractivity contribution < 1.29 is 24.6 Å². The molecule has 6 fully saturated rings. The molecule has 0 aromatic heterocycles. The molecule has 0 saturated heterocycles. The molecule has 0 bridgehead atoms. The molecule has 2 N–H and O–H groups in total. The fourth-order valence-electron chi connectivity index (χ4n) is 16.7. The van der Waals surface area contributed by atoms with E-state index < -0.39 is 5.97 Å². The molecule has 0 aromatic carbocycles. The summed E-state index contributed by atoms with van der Waals surface area (Å²) in [6.07, 6.45) is 30.2. The monoisotopic (exact) mass is 827 g/mol. The van der Waals surface area contributed by atoms with Crippen LogP contribution in [0.15, 0.2) is 35.6 Å². The van der Waals surface area contributed by atoms with Crippen LogP contribution >= 0.6 is 0 Å². The van der Waals surface area contributed by atoms with Crippen LogP contribution in [0.5, 0.6) is 0 Å². The van der Waals surface area contributed by atoms with Crippen molar-refractivity contribution >= 4 is 17.5 Å². The molecule has 336 valence electrons. The topological polar surface area (TPSA) is 91.7 Å². The third-order valence-corrected chi connectivity index (χ3v) is 20.9. The van der Waals surface area contributed by atoms with E-state index >= 15 is 0 Å². The number of fused-ring (bicyclic) bond motifs is 10. The zero-order valence-corrected chi connectivity index (χ0v) is 39.5. The number of carboxylic acid groups (broad SMARTS) is 1. The molecule has 5 heteroatoms. The van der Waals surface area contributed by atoms with Crippen LogP contribution in [0, 0.1) is 92.7 Å². The SMILES string of the molecule is C=C(O)[C@H](C)CCCC(C)[C@H]1CCC2C3=CCC4CC(=O)CC[C@]4(C)C3CC[C@@]21C.CC(CCC[C@H](C)C(=O)O)[C@H]1CCC2C3=CCC4CC(=O)CC[C@]4(C)C3CC[C@@]21C. The fraction of sp³-hybridized carbons (Fsp3) is 0.836. The van der Waals surface area contributed by atoms with Crippen LogP contribution in [0.2, 0.25) is 0 Å². The van der Waals surface area contributed by atoms with Crippen molar-refractivity contribution in [2.45, 2.75) is 197 Å². The Hall–Kier alpha value is -2.17. The first-order valence-corrected chi connectivity index (χ1v) is 25.4. The molecule has 5 nitrogen and oxygen atoms in total. The highest BCUT2D eigenvalue weighted by Gasteiger charge is 2.60. The van der Waals surface area contributed by atoms with Gasteiger partial charge < -0.3 is 10.2 Å². The normalized spacial score (nSPS) is 42.5. The maximum absolute atomic E-state index is 12.1. The number of hydrogen-bond donors (Lipinski definition) is 2. The van der Waals surface area contributed by atoms with Crippen LogP contribution in [0.4, 0.5) is 0 Å². The number of carbonyl (C=O) groups is 3. The Bertz CT molecular complexity index is 1570. The van der Waals surface area contributed by atoms with E-state index in [-0.39, 0.29) is 11.8 Å². The fourth-order valence-corrected chi connectivity index (χ4v) is 16.7. The lowest BCUT2D eigenvalue weighted by Gasteiger charge is -2.57. The molecule has 0 radical (unpaired) electrons. The number of allylic oxidation sites excluding steroid dienone is 5. The van der Waals surface area contributed by atoms with Gasteiger partial charge in [0.25, 0.3) is 0 Å². The molecular weight excluding hydrogens is 741 g/mol. The zero-order chi connectivity index (χ0) is 43.4. The minimum Gasteiger partial charge on any atom is -0.513 e. The summed E-state index contributed by atoms with van der Waals surface area (Å²) in [6, 6.07) is 0. The number of rotatable bonds is 12. The largest absolute Gasteiger partial charge is 0.513 e. The summed E-state index contributed by atoms with van der Waals surface area (Å²) in [4.78, 5) is 35.3. The van der Waals surface area contributed by atoms with E-state index in [4.69, 9.17) is 5.11 Å². The van der Waals surface area contributed by atoms with E-state index in [9.17, 15) is 19.5 Å². The minimum absolute atomic E-state index is 0.219. The van der Waals surface area contributed by atoms with Crippen molar-refractivity contribution in [3.05, 3.63) is 35.6 Å². The summed E-state index contributed by atoms with van der Waals surface area (Å²) < 4.78 is 0. The van der Waals surface area contributed by atoms with Gasteiger partial charge in [0.05, 0.1) is 11.7 Å². The Labute approximate surface area is 365 Å². The Morgan fingerprint density at radius 2 is 1.00 bits per heavy atom. The zero-order valence-electron chi connectivity index (χ0n) is 39.5. The number of aliphatic hydroxyl groups is 1. The predicted octanol–water partition coefficient (Wildman–Crippen LogP) is 14.3. The number of aliphatic carboxylic acids is 1. The number of carbonyl (C=O) groups excluding carboxylic acids is 2. The van der Waals surface area contributed by atoms with Gasteiger partial charge in [0, 0.05) is 31.6 Å². The lowest BCUT2D eigenvalue weighted by atomic mass is 9.47. The minimum atomic E-state index is -0.658. The molecule has 0 aliphatic heterocycles. The van der Waals surface area contributed by atoms with Gasteiger partial charge >= 0.3 is 5.97 Å². The van der Waals surface area contributed by atoms with Gasteiger partial charge in [-0.05, 0) is 171 Å². The maximum atomic E-state index is 12.1. The van der Waals surface area contributed by atoms with Crippen molar-refractivity contribution in [3.63, 3.8) is 0 Å². The van der Waals surface area contributed by atoms with Crippen molar-refractivity contribution in [3.8, 4) is 0 Å². The van der Waals surface area contributed by atoms with Crippen LogP contribution in [0.3, 0.4) is 0 Å². The van der Waals surface area contributed by atoms with Gasteiger partial charge in [0.1, 0.15) is 11.6 Å². The number of aliphatic hydroxyl groups excluding tert-OH is 1. The number of Topliss-reactive ketones (excluding diaryl/α,β-unsaturated/α-hetero) is 2. The Morgan fingerprint density at radius 3 is 1.40 bits per heavy atom. The number of carboxylic acids is 1. The van der Waals surface area contributed by atoms with Crippen LogP contribution in [0.1, 0.15) is 197 Å². The van der Waals surface area contributed by atoms with Crippen molar-refractivity contribution in [2.24, 2.45) is 92.7 Å². The first kappa shape index (κ1) is 45.8. The average Bonchev–Trinajstić information content (AvgIpc) is 3.75. The van der Waals surface area contributed by atoms with Gasteiger partial charge in [-0.15, -0.1) is 0 Å². The smallest absolute Gasteiger partial charge is 0.306 e. The van der Waals surface area contributed by atoms with E-state index in [1.165, 1.54) is 64.2 Å². The summed E-state index contributed by atoms with van der Waals surface area (Å²) in [5.41, 5.74) is 5.15. The van der Waals surface area contributed by atoms with Crippen LogP contribution < -0.4 is 0 Å². The second-order valence-electron chi connectivity index (χ2n) is 23.9. The Balaban J connectivity index is 0.000000181. The lowest BCUT2D eigenvalue weighted by Crippen LogP contribution is -2.49. The van der Waals surface area contributed by atoms with Crippen LogP contribution in [0.25, 0.3) is 0 Å². The lowest BCUT2D eigenvalue weighted by molar-refractivity contribution is -0.141. The van der Waals surface area contributed by atoms with Crippen LogP contribution in [-0.4, -0.2) is 27.7 Å². The summed E-state index contributed by atoms with van der Waals surface area (Å²) in [5.74, 6) is 7.82. The van der Waals surface area contributed by atoms with Gasteiger partial charge in [0.15, 0.2) is 0 Å². The van der Waals surface area contributed by atoms with E-state index in [0.717, 1.165) is 113 Å². The Kier molecular flexibility index (Phi) is 13.6. The van der Waals surface area contributed by atoms with E-state index in [1.807, 2.05) is 6.92 Å². The average molecular weight is 827 g/mol. The van der Waals surface area contributed by atoms with E-state index in [2.05, 4.69) is 67.2 Å². The van der Waals surface area contributed by atoms with Gasteiger partial charge in [-0.1, -0.05) is 111 Å². The Morgan fingerprint density at radius 1 is 0.600 bits per heavy atom. The van der Waals surface area contributed by atoms with Gasteiger partial charge in [-0.2, -0.15) is 0 Å². The molecule has 0 spiro atoms. The van der Waals surface area contributed by atoms with Gasteiger partial charge in [-0.3, -0.25) is 14.4 Å². The second kappa shape index (κ2) is 17.8. The van der Waals surface area contributed by atoms with Gasteiger partial charge in [-0.25, -0.2) is 0 Å². The summed E-state index contributed by atoms with van der Waals surface area (Å²) in [5, 5.41) is 18.8. The van der Waals surface area contributed by atoms with Crippen LogP contribution in [-0.2, 0) is 14.4 Å². The summed E-state index contributed by atoms with van der Waals surface area (Å²) in [6.45, 7) is 22.7. The molecule has 8 rings (SSSR count). The third kappa shape index (κ3) is 8.34.